The predicted molar refractivity (Wildman–Crippen MR) is 91.1 cm³/mol. The molecule has 0 aliphatic carbocycles. The van der Waals surface area contributed by atoms with Gasteiger partial charge in [-0.25, -0.2) is 0 Å². The van der Waals surface area contributed by atoms with E-state index in [2.05, 4.69) is 11.4 Å². The van der Waals surface area contributed by atoms with Gasteiger partial charge in [-0.2, -0.15) is 0 Å². The Hall–Kier alpha value is -2.53. The van der Waals surface area contributed by atoms with Crippen molar-refractivity contribution < 1.29 is 14.3 Å². The van der Waals surface area contributed by atoms with Gasteiger partial charge in [0.1, 0.15) is 12.4 Å². The van der Waals surface area contributed by atoms with Crippen LogP contribution in [-0.2, 0) is 11.4 Å². The lowest BCUT2D eigenvalue weighted by Gasteiger charge is -2.10. The second-order valence-electron chi connectivity index (χ2n) is 5.17. The second kappa shape index (κ2) is 6.71. The molecule has 2 amide bonds. The van der Waals surface area contributed by atoms with Crippen LogP contribution in [0.4, 0.5) is 4.79 Å². The molecule has 5 heteroatoms. The van der Waals surface area contributed by atoms with Gasteiger partial charge >= 0.3 is 0 Å². The molecule has 1 fully saturated rings. The van der Waals surface area contributed by atoms with Gasteiger partial charge < -0.3 is 4.74 Å². The normalized spacial score (nSPS) is 15.8. The van der Waals surface area contributed by atoms with Crippen molar-refractivity contribution in [3.63, 3.8) is 0 Å². The predicted octanol–water partition coefficient (Wildman–Crippen LogP) is 3.90. The zero-order valence-corrected chi connectivity index (χ0v) is 13.4. The van der Waals surface area contributed by atoms with Gasteiger partial charge in [0.25, 0.3) is 11.1 Å². The summed E-state index contributed by atoms with van der Waals surface area (Å²) >= 11 is 0.900. The fourth-order valence-corrected chi connectivity index (χ4v) is 2.93. The minimum Gasteiger partial charge on any atom is -0.488 e. The Bertz CT molecular complexity index is 798. The van der Waals surface area contributed by atoms with E-state index in [0.717, 1.165) is 22.9 Å². The van der Waals surface area contributed by atoms with Gasteiger partial charge in [-0.15, -0.1) is 0 Å². The summed E-state index contributed by atoms with van der Waals surface area (Å²) in [7, 11) is 0. The number of carbonyl (C=O) groups is 2. The third-order valence-electron chi connectivity index (χ3n) is 3.32. The average Bonchev–Trinajstić information content (AvgIpc) is 2.84. The third kappa shape index (κ3) is 3.81. The van der Waals surface area contributed by atoms with Crippen molar-refractivity contribution in [1.82, 2.24) is 5.32 Å². The minimum absolute atomic E-state index is 0.348. The number of para-hydroxylation sites is 1. The van der Waals surface area contributed by atoms with Gasteiger partial charge in [-0.05, 0) is 36.4 Å². The number of amides is 2. The summed E-state index contributed by atoms with van der Waals surface area (Å²) < 4.78 is 5.88. The first-order valence-corrected chi connectivity index (χ1v) is 7.96. The highest BCUT2D eigenvalue weighted by Crippen LogP contribution is 2.29. The third-order valence-corrected chi connectivity index (χ3v) is 4.14. The molecule has 1 N–H and O–H groups in total. The maximum Gasteiger partial charge on any atom is 0.290 e. The van der Waals surface area contributed by atoms with Crippen molar-refractivity contribution in [2.75, 3.05) is 0 Å². The fraction of sp³-hybridized carbons (Fsp3) is 0.111. The number of carbonyl (C=O) groups excluding carboxylic acids is 2. The molecule has 1 saturated heterocycles. The maximum atomic E-state index is 11.7. The van der Waals surface area contributed by atoms with Gasteiger partial charge in [0.15, 0.2) is 0 Å². The average molecular weight is 325 g/mol. The Morgan fingerprint density at radius 2 is 1.96 bits per heavy atom. The smallest absolute Gasteiger partial charge is 0.290 e. The Kier molecular flexibility index (Phi) is 4.48. The Morgan fingerprint density at radius 1 is 1.13 bits per heavy atom. The van der Waals surface area contributed by atoms with Crippen LogP contribution in [0.5, 0.6) is 5.75 Å². The molecular weight excluding hydrogens is 310 g/mol. The Labute approximate surface area is 138 Å². The van der Waals surface area contributed by atoms with Crippen molar-refractivity contribution in [3.05, 3.63) is 70.1 Å². The SMILES string of the molecule is Cc1cccc(COc2ccccc2/C=C2\SC(=O)NC2=O)c1. The van der Waals surface area contributed by atoms with E-state index in [-0.39, 0.29) is 11.1 Å². The number of thioether (sulfide) groups is 1. The second-order valence-corrected chi connectivity index (χ2v) is 6.18. The monoisotopic (exact) mass is 325 g/mol. The van der Waals surface area contributed by atoms with Crippen LogP contribution in [0.3, 0.4) is 0 Å². The fourth-order valence-electron chi connectivity index (χ4n) is 2.26. The summed E-state index contributed by atoms with van der Waals surface area (Å²) in [5, 5.41) is 1.90. The molecular formula is C18H15NO3S. The number of benzene rings is 2. The first kappa shape index (κ1) is 15.4. The lowest BCUT2D eigenvalue weighted by atomic mass is 10.1. The van der Waals surface area contributed by atoms with Crippen LogP contribution in [0.25, 0.3) is 6.08 Å². The van der Waals surface area contributed by atoms with Gasteiger partial charge in [0, 0.05) is 5.56 Å². The Morgan fingerprint density at radius 3 is 2.70 bits per heavy atom. The van der Waals surface area contributed by atoms with E-state index in [1.54, 1.807) is 6.08 Å². The summed E-state index contributed by atoms with van der Waals surface area (Å²) in [5.41, 5.74) is 3.03. The molecule has 1 heterocycles. The zero-order valence-electron chi connectivity index (χ0n) is 12.5. The van der Waals surface area contributed by atoms with Crippen LogP contribution in [0, 0.1) is 6.92 Å². The molecule has 4 nitrogen and oxygen atoms in total. The number of hydrogen-bond acceptors (Lipinski definition) is 4. The van der Waals surface area contributed by atoms with Crippen LogP contribution < -0.4 is 10.1 Å². The number of nitrogens with one attached hydrogen (secondary N) is 1. The molecule has 0 atom stereocenters. The van der Waals surface area contributed by atoms with Gasteiger partial charge in [-0.3, -0.25) is 14.9 Å². The van der Waals surface area contributed by atoms with Crippen LogP contribution in [0.1, 0.15) is 16.7 Å². The van der Waals surface area contributed by atoms with E-state index in [1.165, 1.54) is 5.56 Å². The van der Waals surface area contributed by atoms with Crippen LogP contribution in [0.15, 0.2) is 53.4 Å². The van der Waals surface area contributed by atoms with Gasteiger partial charge in [-0.1, -0.05) is 48.0 Å². The van der Waals surface area contributed by atoms with Crippen molar-refractivity contribution >= 4 is 29.0 Å². The van der Waals surface area contributed by atoms with Gasteiger partial charge in [0.2, 0.25) is 0 Å². The standard InChI is InChI=1S/C18H15NO3S/c1-12-5-4-6-13(9-12)11-22-15-8-3-2-7-14(15)10-16-17(20)19-18(21)23-16/h2-10H,11H2,1H3,(H,19,20,21)/b16-10-. The molecule has 3 rings (SSSR count). The van der Waals surface area contributed by atoms with Crippen molar-refractivity contribution in [3.8, 4) is 5.75 Å². The molecule has 0 bridgehead atoms. The topological polar surface area (TPSA) is 55.4 Å². The van der Waals surface area contributed by atoms with E-state index in [4.69, 9.17) is 4.74 Å². The summed E-state index contributed by atoms with van der Waals surface area (Å²) in [6.07, 6.45) is 1.68. The minimum atomic E-state index is -0.367. The Balaban J connectivity index is 1.80. The number of aryl methyl sites for hydroxylation is 1. The summed E-state index contributed by atoms with van der Waals surface area (Å²) in [5.74, 6) is 0.308. The molecule has 0 spiro atoms. The van der Waals surface area contributed by atoms with Crippen molar-refractivity contribution in [2.24, 2.45) is 0 Å². The molecule has 1 aliphatic heterocycles. The number of imide groups is 1. The lowest BCUT2D eigenvalue weighted by molar-refractivity contribution is -0.115. The largest absolute Gasteiger partial charge is 0.488 e. The highest BCUT2D eigenvalue weighted by atomic mass is 32.2. The summed E-state index contributed by atoms with van der Waals surface area (Å²) in [4.78, 5) is 23.3. The zero-order chi connectivity index (χ0) is 16.2. The molecule has 0 aromatic heterocycles. The molecule has 2 aromatic rings. The molecule has 116 valence electrons. The molecule has 0 radical (unpaired) electrons. The maximum absolute atomic E-state index is 11.7. The lowest BCUT2D eigenvalue weighted by Crippen LogP contribution is -2.17. The summed E-state index contributed by atoms with van der Waals surface area (Å²) in [6, 6.07) is 15.6. The number of ether oxygens (including phenoxy) is 1. The number of hydrogen-bond donors (Lipinski definition) is 1. The van der Waals surface area contributed by atoms with Crippen molar-refractivity contribution in [1.29, 1.82) is 0 Å². The number of rotatable bonds is 4. The first-order chi connectivity index (χ1) is 11.1. The quantitative estimate of drug-likeness (QED) is 0.866. The molecule has 0 saturated carbocycles. The van der Waals surface area contributed by atoms with Crippen molar-refractivity contribution in [2.45, 2.75) is 13.5 Å². The molecule has 2 aromatic carbocycles. The van der Waals surface area contributed by atoms with Gasteiger partial charge in [0.05, 0.1) is 4.91 Å². The first-order valence-electron chi connectivity index (χ1n) is 7.14. The molecule has 1 aliphatic rings. The van der Waals surface area contributed by atoms with E-state index in [9.17, 15) is 9.59 Å². The summed E-state index contributed by atoms with van der Waals surface area (Å²) in [6.45, 7) is 2.48. The van der Waals surface area contributed by atoms with E-state index < -0.39 is 0 Å². The van der Waals surface area contributed by atoms with Crippen LogP contribution in [0.2, 0.25) is 0 Å². The van der Waals surface area contributed by atoms with E-state index in [0.29, 0.717) is 17.3 Å². The molecule has 23 heavy (non-hydrogen) atoms. The van der Waals surface area contributed by atoms with Crippen LogP contribution >= 0.6 is 11.8 Å². The van der Waals surface area contributed by atoms with Crippen LogP contribution in [-0.4, -0.2) is 11.1 Å². The highest BCUT2D eigenvalue weighted by Gasteiger charge is 2.25. The van der Waals surface area contributed by atoms with E-state index >= 15 is 0 Å². The highest BCUT2D eigenvalue weighted by molar-refractivity contribution is 8.18. The van der Waals surface area contributed by atoms with E-state index in [1.807, 2.05) is 49.4 Å². The molecule has 0 unspecified atom stereocenters.